The molecule has 25 heavy (non-hydrogen) atoms. The maximum Gasteiger partial charge on any atom is 0.272 e. The molecule has 0 N–H and O–H groups in total. The van der Waals surface area contributed by atoms with E-state index in [2.05, 4.69) is 4.98 Å². The van der Waals surface area contributed by atoms with E-state index in [-0.39, 0.29) is 23.9 Å². The van der Waals surface area contributed by atoms with Crippen LogP contribution in [-0.4, -0.2) is 65.5 Å². The van der Waals surface area contributed by atoms with Crippen molar-refractivity contribution >= 4 is 11.8 Å². The van der Waals surface area contributed by atoms with Crippen molar-refractivity contribution in [3.05, 3.63) is 29.6 Å². The van der Waals surface area contributed by atoms with Gasteiger partial charge in [0.1, 0.15) is 5.69 Å². The first-order chi connectivity index (χ1) is 12.1. The predicted octanol–water partition coefficient (Wildman–Crippen LogP) is 2.02. The fraction of sp³-hybridized carbons (Fsp3) is 0.632. The summed E-state index contributed by atoms with van der Waals surface area (Å²) >= 11 is 0. The number of carbonyl (C=O) groups excluding carboxylic acids is 2. The number of fused-ring (bicyclic) bond motifs is 1. The highest BCUT2D eigenvalue weighted by Gasteiger charge is 2.41. The van der Waals surface area contributed by atoms with Gasteiger partial charge in [0.2, 0.25) is 5.91 Å². The molecule has 6 nitrogen and oxygen atoms in total. The monoisotopic (exact) mass is 345 g/mol. The summed E-state index contributed by atoms with van der Waals surface area (Å²) in [6, 6.07) is 5.72. The third kappa shape index (κ3) is 3.84. The zero-order chi connectivity index (χ0) is 17.8. The Morgan fingerprint density at radius 1 is 1.28 bits per heavy atom. The van der Waals surface area contributed by atoms with Crippen molar-refractivity contribution in [1.29, 1.82) is 0 Å². The number of likely N-dealkylation sites (tertiary alicyclic amines) is 2. The molecule has 2 saturated heterocycles. The van der Waals surface area contributed by atoms with Crippen LogP contribution < -0.4 is 0 Å². The lowest BCUT2D eigenvalue weighted by atomic mass is 9.92. The first-order valence-electron chi connectivity index (χ1n) is 9.15. The fourth-order valence-electron chi connectivity index (χ4n) is 4.08. The number of amides is 2. The number of ether oxygens (including phenoxy) is 1. The molecule has 0 aromatic carbocycles. The molecule has 0 radical (unpaired) electrons. The number of nitrogens with zero attached hydrogens (tertiary/aromatic N) is 3. The van der Waals surface area contributed by atoms with E-state index in [1.165, 1.54) is 0 Å². The summed E-state index contributed by atoms with van der Waals surface area (Å²) in [6.07, 6.45) is 4.12. The van der Waals surface area contributed by atoms with Gasteiger partial charge >= 0.3 is 0 Å². The van der Waals surface area contributed by atoms with Crippen LogP contribution in [-0.2, 0) is 9.53 Å². The van der Waals surface area contributed by atoms with Crippen molar-refractivity contribution < 1.29 is 14.3 Å². The van der Waals surface area contributed by atoms with Crippen LogP contribution in [0.3, 0.4) is 0 Å². The van der Waals surface area contributed by atoms with Crippen LogP contribution in [0, 0.1) is 6.92 Å². The Bertz CT molecular complexity index is 634. The average Bonchev–Trinajstić information content (AvgIpc) is 2.77. The van der Waals surface area contributed by atoms with Crippen LogP contribution in [0.4, 0.5) is 0 Å². The van der Waals surface area contributed by atoms with Crippen LogP contribution in [0.1, 0.15) is 48.3 Å². The maximum atomic E-state index is 13.1. The largest absolute Gasteiger partial charge is 0.383 e. The van der Waals surface area contributed by atoms with Crippen LogP contribution >= 0.6 is 0 Å². The van der Waals surface area contributed by atoms with Gasteiger partial charge in [0.15, 0.2) is 0 Å². The Kier molecular flexibility index (Phi) is 5.68. The SMILES string of the molecule is COCCN1C(=O)CCC[C@@H]2[C@H]1CCCN2C(=O)c1cccc(C)n1. The maximum absolute atomic E-state index is 13.1. The molecule has 0 aliphatic carbocycles. The molecule has 3 rings (SSSR count). The summed E-state index contributed by atoms with van der Waals surface area (Å²) in [7, 11) is 1.65. The average molecular weight is 345 g/mol. The number of pyridine rings is 1. The third-order valence-corrected chi connectivity index (χ3v) is 5.26. The smallest absolute Gasteiger partial charge is 0.272 e. The van der Waals surface area contributed by atoms with Crippen molar-refractivity contribution in [2.45, 2.75) is 51.1 Å². The molecule has 2 aliphatic heterocycles. The minimum Gasteiger partial charge on any atom is -0.383 e. The summed E-state index contributed by atoms with van der Waals surface area (Å²) in [5, 5.41) is 0. The molecule has 1 aromatic rings. The number of aryl methyl sites for hydroxylation is 1. The van der Waals surface area contributed by atoms with Gasteiger partial charge in [0.25, 0.3) is 5.91 Å². The van der Waals surface area contributed by atoms with E-state index >= 15 is 0 Å². The Labute approximate surface area is 149 Å². The summed E-state index contributed by atoms with van der Waals surface area (Å²) in [5.74, 6) is 0.173. The Hall–Kier alpha value is -1.95. The second-order valence-corrected chi connectivity index (χ2v) is 6.91. The second-order valence-electron chi connectivity index (χ2n) is 6.91. The van der Waals surface area contributed by atoms with Gasteiger partial charge in [-0.3, -0.25) is 9.59 Å². The minimum atomic E-state index is -0.0144. The highest BCUT2D eigenvalue weighted by Crippen LogP contribution is 2.30. The number of carbonyl (C=O) groups is 2. The quantitative estimate of drug-likeness (QED) is 0.838. The summed E-state index contributed by atoms with van der Waals surface area (Å²) < 4.78 is 5.19. The second kappa shape index (κ2) is 7.95. The standard InChI is InChI=1S/C19H27N3O3/c1-14-6-3-7-15(20-14)19(24)22-11-5-9-16-17(22)8-4-10-18(23)21(16)12-13-25-2/h3,6-7,16-17H,4-5,8-13H2,1-2H3/t16-,17-/m1/s1. The fourth-order valence-corrected chi connectivity index (χ4v) is 4.08. The van der Waals surface area contributed by atoms with Crippen molar-refractivity contribution in [1.82, 2.24) is 14.8 Å². The van der Waals surface area contributed by atoms with Crippen molar-refractivity contribution in [2.24, 2.45) is 0 Å². The lowest BCUT2D eigenvalue weighted by Gasteiger charge is -2.44. The molecule has 2 atom stereocenters. The lowest BCUT2D eigenvalue weighted by molar-refractivity contribution is -0.135. The number of piperidine rings is 1. The molecule has 2 amide bonds. The number of aromatic nitrogens is 1. The minimum absolute atomic E-state index is 0.0144. The van der Waals surface area contributed by atoms with Gasteiger partial charge in [0.05, 0.1) is 18.7 Å². The third-order valence-electron chi connectivity index (χ3n) is 5.26. The van der Waals surface area contributed by atoms with E-state index < -0.39 is 0 Å². The van der Waals surface area contributed by atoms with Gasteiger partial charge in [-0.05, 0) is 44.7 Å². The van der Waals surface area contributed by atoms with Crippen LogP contribution in [0.25, 0.3) is 0 Å². The van der Waals surface area contributed by atoms with Gasteiger partial charge in [-0.25, -0.2) is 4.98 Å². The summed E-state index contributed by atoms with van der Waals surface area (Å²) in [6.45, 7) is 3.76. The molecule has 0 unspecified atom stereocenters. The highest BCUT2D eigenvalue weighted by molar-refractivity contribution is 5.92. The predicted molar refractivity (Wildman–Crippen MR) is 94.3 cm³/mol. The Morgan fingerprint density at radius 3 is 2.84 bits per heavy atom. The van der Waals surface area contributed by atoms with Gasteiger partial charge in [0, 0.05) is 32.3 Å². The zero-order valence-corrected chi connectivity index (χ0v) is 15.1. The summed E-state index contributed by atoms with van der Waals surface area (Å²) in [5.41, 5.74) is 1.34. The van der Waals surface area contributed by atoms with Gasteiger partial charge < -0.3 is 14.5 Å². The highest BCUT2D eigenvalue weighted by atomic mass is 16.5. The van der Waals surface area contributed by atoms with Crippen LogP contribution in [0.15, 0.2) is 18.2 Å². The van der Waals surface area contributed by atoms with E-state index in [0.717, 1.165) is 37.9 Å². The first kappa shape index (κ1) is 17.9. The number of rotatable bonds is 4. The number of methoxy groups -OCH3 is 1. The van der Waals surface area contributed by atoms with Gasteiger partial charge in [-0.1, -0.05) is 6.07 Å². The van der Waals surface area contributed by atoms with Gasteiger partial charge in [-0.2, -0.15) is 0 Å². The topological polar surface area (TPSA) is 62.7 Å². The Balaban J connectivity index is 1.84. The lowest BCUT2D eigenvalue weighted by Crippen LogP contribution is -2.57. The molecular formula is C19H27N3O3. The van der Waals surface area contributed by atoms with E-state index in [9.17, 15) is 9.59 Å². The van der Waals surface area contributed by atoms with Crippen LogP contribution in [0.2, 0.25) is 0 Å². The van der Waals surface area contributed by atoms with E-state index in [1.807, 2.05) is 28.9 Å². The summed E-state index contributed by atoms with van der Waals surface area (Å²) in [4.78, 5) is 33.9. The van der Waals surface area contributed by atoms with Crippen molar-refractivity contribution in [3.8, 4) is 0 Å². The van der Waals surface area contributed by atoms with Crippen LogP contribution in [0.5, 0.6) is 0 Å². The molecule has 2 fully saturated rings. The van der Waals surface area contributed by atoms with Gasteiger partial charge in [-0.15, -0.1) is 0 Å². The molecule has 0 saturated carbocycles. The molecular weight excluding hydrogens is 318 g/mol. The zero-order valence-electron chi connectivity index (χ0n) is 15.1. The molecule has 0 bridgehead atoms. The molecule has 2 aliphatic rings. The van der Waals surface area contributed by atoms with E-state index in [4.69, 9.17) is 4.74 Å². The Morgan fingerprint density at radius 2 is 2.08 bits per heavy atom. The van der Waals surface area contributed by atoms with Crippen molar-refractivity contribution in [3.63, 3.8) is 0 Å². The normalized spacial score (nSPS) is 24.0. The first-order valence-corrected chi connectivity index (χ1v) is 9.15. The van der Waals surface area contributed by atoms with E-state index in [0.29, 0.717) is 25.3 Å². The molecule has 136 valence electrons. The molecule has 3 heterocycles. The number of hydrogen-bond acceptors (Lipinski definition) is 4. The van der Waals surface area contributed by atoms with Crippen molar-refractivity contribution in [2.75, 3.05) is 26.8 Å². The number of hydrogen-bond donors (Lipinski definition) is 0. The molecule has 0 spiro atoms. The molecule has 1 aromatic heterocycles. The van der Waals surface area contributed by atoms with E-state index in [1.54, 1.807) is 13.2 Å². The molecule has 6 heteroatoms.